The van der Waals surface area contributed by atoms with Crippen molar-refractivity contribution in [2.75, 3.05) is 11.9 Å². The van der Waals surface area contributed by atoms with Crippen molar-refractivity contribution in [1.29, 1.82) is 0 Å². The summed E-state index contributed by atoms with van der Waals surface area (Å²) in [5.41, 5.74) is 0.646. The third-order valence-electron chi connectivity index (χ3n) is 3.07. The topological polar surface area (TPSA) is 88.3 Å². The molecule has 6 nitrogen and oxygen atoms in total. The lowest BCUT2D eigenvalue weighted by molar-refractivity contribution is -0.385. The molecule has 0 saturated carbocycles. The van der Waals surface area contributed by atoms with E-state index in [1.165, 1.54) is 12.1 Å². The van der Waals surface area contributed by atoms with E-state index in [2.05, 4.69) is 10.3 Å². The zero-order valence-corrected chi connectivity index (χ0v) is 11.3. The number of aliphatic hydroxyl groups excluding tert-OH is 1. The average Bonchev–Trinajstić information content (AvgIpc) is 2.45. The van der Waals surface area contributed by atoms with Gasteiger partial charge in [-0.2, -0.15) is 0 Å². The average molecular weight is 291 g/mol. The second-order valence-electron chi connectivity index (χ2n) is 4.51. The molecule has 0 fully saturated rings. The number of aryl methyl sites for hydroxylation is 1. The fraction of sp³-hybridized carbons (Fsp3) is 0.214. The van der Waals surface area contributed by atoms with Gasteiger partial charge < -0.3 is 10.4 Å². The van der Waals surface area contributed by atoms with E-state index in [4.69, 9.17) is 0 Å². The Morgan fingerprint density at radius 1 is 1.48 bits per heavy atom. The molecule has 110 valence electrons. The van der Waals surface area contributed by atoms with Crippen LogP contribution in [-0.2, 0) is 0 Å². The molecule has 0 bridgehead atoms. The zero-order chi connectivity index (χ0) is 15.4. The molecule has 0 aliphatic carbocycles. The number of nitrogens with one attached hydrogen (secondary N) is 1. The van der Waals surface area contributed by atoms with Gasteiger partial charge in [-0.3, -0.25) is 10.1 Å². The molecule has 1 atom stereocenters. The first-order valence-electron chi connectivity index (χ1n) is 6.25. The predicted molar refractivity (Wildman–Crippen MR) is 75.5 cm³/mol. The molecule has 1 heterocycles. The Hall–Kier alpha value is -2.54. The summed E-state index contributed by atoms with van der Waals surface area (Å²) in [6, 6.07) is 6.88. The zero-order valence-electron chi connectivity index (χ0n) is 11.3. The summed E-state index contributed by atoms with van der Waals surface area (Å²) in [7, 11) is 0. The third kappa shape index (κ3) is 3.32. The van der Waals surface area contributed by atoms with Crippen LogP contribution in [0.1, 0.15) is 17.2 Å². The SMILES string of the molecule is Cc1cc(NC(CO)c2ccccc2F)ncc1[N+](=O)[O-]. The van der Waals surface area contributed by atoms with Crippen LogP contribution < -0.4 is 5.32 Å². The van der Waals surface area contributed by atoms with Gasteiger partial charge in [-0.15, -0.1) is 0 Å². The monoisotopic (exact) mass is 291 g/mol. The van der Waals surface area contributed by atoms with Gasteiger partial charge in [0.05, 0.1) is 17.6 Å². The van der Waals surface area contributed by atoms with Crippen molar-refractivity contribution in [2.45, 2.75) is 13.0 Å². The Morgan fingerprint density at radius 3 is 2.76 bits per heavy atom. The molecule has 0 amide bonds. The lowest BCUT2D eigenvalue weighted by Gasteiger charge is -2.18. The van der Waals surface area contributed by atoms with E-state index >= 15 is 0 Å². The Balaban J connectivity index is 2.25. The van der Waals surface area contributed by atoms with Gasteiger partial charge in [0.15, 0.2) is 0 Å². The van der Waals surface area contributed by atoms with Crippen molar-refractivity contribution in [3.8, 4) is 0 Å². The van der Waals surface area contributed by atoms with Gasteiger partial charge in [0, 0.05) is 11.1 Å². The molecule has 2 aromatic rings. The van der Waals surface area contributed by atoms with E-state index < -0.39 is 16.8 Å². The first-order chi connectivity index (χ1) is 10.0. The van der Waals surface area contributed by atoms with Crippen molar-refractivity contribution in [3.05, 3.63) is 63.6 Å². The predicted octanol–water partition coefficient (Wildman–Crippen LogP) is 2.58. The normalized spacial score (nSPS) is 12.0. The smallest absolute Gasteiger partial charge is 0.290 e. The number of aliphatic hydroxyl groups is 1. The van der Waals surface area contributed by atoms with Crippen LogP contribution in [0.4, 0.5) is 15.9 Å². The van der Waals surface area contributed by atoms with Crippen LogP contribution in [0, 0.1) is 22.9 Å². The van der Waals surface area contributed by atoms with Gasteiger partial charge >= 0.3 is 0 Å². The number of nitro groups is 1. The lowest BCUT2D eigenvalue weighted by atomic mass is 10.1. The van der Waals surface area contributed by atoms with Gasteiger partial charge in [-0.1, -0.05) is 18.2 Å². The molecule has 0 radical (unpaired) electrons. The third-order valence-corrected chi connectivity index (χ3v) is 3.07. The van der Waals surface area contributed by atoms with Gasteiger partial charge in [-0.25, -0.2) is 9.37 Å². The van der Waals surface area contributed by atoms with Gasteiger partial charge in [0.1, 0.15) is 17.8 Å². The first kappa shape index (κ1) is 14.9. The summed E-state index contributed by atoms with van der Waals surface area (Å²) in [6.07, 6.45) is 1.13. The van der Waals surface area contributed by atoms with E-state index in [1.807, 2.05) is 0 Å². The minimum absolute atomic E-state index is 0.0907. The van der Waals surface area contributed by atoms with Gasteiger partial charge in [0.25, 0.3) is 5.69 Å². The van der Waals surface area contributed by atoms with Crippen LogP contribution >= 0.6 is 0 Å². The van der Waals surface area contributed by atoms with Crippen LogP contribution in [0.25, 0.3) is 0 Å². The quantitative estimate of drug-likeness (QED) is 0.653. The van der Waals surface area contributed by atoms with Gasteiger partial charge in [0.2, 0.25) is 0 Å². The lowest BCUT2D eigenvalue weighted by Crippen LogP contribution is -2.17. The molecular weight excluding hydrogens is 277 g/mol. The summed E-state index contributed by atoms with van der Waals surface area (Å²) in [6.45, 7) is 1.25. The summed E-state index contributed by atoms with van der Waals surface area (Å²) < 4.78 is 13.7. The molecule has 2 rings (SSSR count). The molecule has 1 unspecified atom stereocenters. The standard InChI is InChI=1S/C14H14FN3O3/c1-9-6-14(16-7-13(9)18(20)21)17-12(8-19)10-4-2-3-5-11(10)15/h2-7,12,19H,8H2,1H3,(H,16,17). The van der Waals surface area contributed by atoms with E-state index in [0.29, 0.717) is 16.9 Å². The fourth-order valence-electron chi connectivity index (χ4n) is 1.98. The van der Waals surface area contributed by atoms with Crippen LogP contribution in [0.2, 0.25) is 0 Å². The molecule has 0 aliphatic rings. The fourth-order valence-corrected chi connectivity index (χ4v) is 1.98. The number of hydrogen-bond acceptors (Lipinski definition) is 5. The molecular formula is C14H14FN3O3. The number of halogens is 1. The molecule has 7 heteroatoms. The number of nitrogens with zero attached hydrogens (tertiary/aromatic N) is 2. The first-order valence-corrected chi connectivity index (χ1v) is 6.25. The maximum atomic E-state index is 13.7. The number of anilines is 1. The number of benzene rings is 1. The highest BCUT2D eigenvalue weighted by atomic mass is 19.1. The van der Waals surface area contributed by atoms with Crippen LogP contribution in [-0.4, -0.2) is 21.6 Å². The molecule has 2 N–H and O–H groups in total. The van der Waals surface area contributed by atoms with E-state index in [-0.39, 0.29) is 12.3 Å². The molecule has 1 aromatic carbocycles. The highest BCUT2D eigenvalue weighted by Gasteiger charge is 2.17. The van der Waals surface area contributed by atoms with Crippen molar-refractivity contribution >= 4 is 11.5 Å². The molecule has 21 heavy (non-hydrogen) atoms. The Kier molecular flexibility index (Phi) is 4.44. The maximum Gasteiger partial charge on any atom is 0.290 e. The largest absolute Gasteiger partial charge is 0.394 e. The van der Waals surface area contributed by atoms with Crippen molar-refractivity contribution in [3.63, 3.8) is 0 Å². The summed E-state index contributed by atoms with van der Waals surface area (Å²) in [5, 5.41) is 23.0. The highest BCUT2D eigenvalue weighted by molar-refractivity contribution is 5.48. The Bertz CT molecular complexity index is 664. The van der Waals surface area contributed by atoms with Gasteiger partial charge in [-0.05, 0) is 19.1 Å². The van der Waals surface area contributed by atoms with Crippen molar-refractivity contribution < 1.29 is 14.4 Å². The van der Waals surface area contributed by atoms with Crippen LogP contribution in [0.3, 0.4) is 0 Å². The summed E-state index contributed by atoms with van der Waals surface area (Å²) in [4.78, 5) is 14.1. The minimum atomic E-state index is -0.681. The summed E-state index contributed by atoms with van der Waals surface area (Å²) in [5.74, 6) is -0.108. The Labute approximate surface area is 120 Å². The number of pyridine rings is 1. The second-order valence-corrected chi connectivity index (χ2v) is 4.51. The molecule has 0 aliphatic heterocycles. The minimum Gasteiger partial charge on any atom is -0.394 e. The van der Waals surface area contributed by atoms with E-state index in [0.717, 1.165) is 6.20 Å². The van der Waals surface area contributed by atoms with Crippen molar-refractivity contribution in [2.24, 2.45) is 0 Å². The number of aromatic nitrogens is 1. The van der Waals surface area contributed by atoms with E-state index in [9.17, 15) is 19.6 Å². The number of rotatable bonds is 5. The summed E-state index contributed by atoms with van der Waals surface area (Å²) >= 11 is 0. The second kappa shape index (κ2) is 6.27. The van der Waals surface area contributed by atoms with E-state index in [1.54, 1.807) is 25.1 Å². The van der Waals surface area contributed by atoms with Crippen LogP contribution in [0.5, 0.6) is 0 Å². The van der Waals surface area contributed by atoms with Crippen molar-refractivity contribution in [1.82, 2.24) is 4.98 Å². The molecule has 0 spiro atoms. The van der Waals surface area contributed by atoms with Crippen LogP contribution in [0.15, 0.2) is 36.5 Å². The molecule has 0 saturated heterocycles. The number of hydrogen-bond donors (Lipinski definition) is 2. The molecule has 1 aromatic heterocycles. The maximum absolute atomic E-state index is 13.7. The highest BCUT2D eigenvalue weighted by Crippen LogP contribution is 2.24. The Morgan fingerprint density at radius 2 is 2.19 bits per heavy atom.